The largest absolute Gasteiger partial charge is 0.462 e. The number of amides is 6. The smallest absolute Gasteiger partial charge is 0.306 e. The maximum atomic E-state index is 13.8. The second kappa shape index (κ2) is 59.4. The molecule has 0 saturated heterocycles. The van der Waals surface area contributed by atoms with Crippen molar-refractivity contribution in [1.82, 2.24) is 37.2 Å². The van der Waals surface area contributed by atoms with E-state index in [-0.39, 0.29) is 95.3 Å². The van der Waals surface area contributed by atoms with Crippen molar-refractivity contribution in [2.24, 2.45) is 11.7 Å². The molecule has 0 saturated carbocycles. The van der Waals surface area contributed by atoms with Gasteiger partial charge in [0, 0.05) is 57.4 Å². The van der Waals surface area contributed by atoms with Gasteiger partial charge in [0.2, 0.25) is 41.1 Å². The quantitative estimate of drug-likeness (QED) is 0.00987. The molecule has 9 N–H and O–H groups in total. The van der Waals surface area contributed by atoms with Gasteiger partial charge in [-0.25, -0.2) is 0 Å². The summed E-state index contributed by atoms with van der Waals surface area (Å²) < 4.78 is 29.1. The normalized spacial score (nSPS) is 13.2. The average Bonchev–Trinajstić information content (AvgIpc) is 0.867. The molecule has 1 aromatic carbocycles. The Labute approximate surface area is 608 Å². The van der Waals surface area contributed by atoms with Crippen LogP contribution in [0.2, 0.25) is 0 Å². The number of Topliss-reactive ketones (excluding diaryl/α,β-unsaturated/α-hetero) is 2. The lowest BCUT2D eigenvalue weighted by molar-refractivity contribution is -0.161. The number of nitrogens with two attached hydrogens (primary N) is 1. The molecule has 578 valence electrons. The predicted octanol–water partition coefficient (Wildman–Crippen LogP) is 12.1. The Morgan fingerprint density at radius 1 is 0.554 bits per heavy atom. The lowest BCUT2D eigenvalue weighted by Gasteiger charge is -2.32. The molecule has 0 aliphatic carbocycles. The van der Waals surface area contributed by atoms with Crippen LogP contribution in [0.5, 0.6) is 0 Å². The summed E-state index contributed by atoms with van der Waals surface area (Å²) in [6.07, 6.45) is 38.3. The molecule has 6 amide bonds. The Kier molecular flexibility index (Phi) is 54.7. The van der Waals surface area contributed by atoms with Crippen molar-refractivity contribution in [3.63, 3.8) is 0 Å². The summed E-state index contributed by atoms with van der Waals surface area (Å²) in [7, 11) is -0.454. The minimum Gasteiger partial charge on any atom is -0.462 e. The van der Waals surface area contributed by atoms with Crippen molar-refractivity contribution in [1.29, 1.82) is 0 Å². The first kappa shape index (κ1) is 93.0. The van der Waals surface area contributed by atoms with E-state index in [1.807, 2.05) is 6.92 Å². The fourth-order valence-electron chi connectivity index (χ4n) is 11.2. The standard InChI is InChI=1S/C77H135N8O15P/c1-10-13-15-17-19-21-23-25-27-29-31-33-35-37-42-46-69(90)96-58-63(100-70(91)47-43-38-36-34-32-30-28-26-24-22-20-18-16-14-11-2)59-99-101-98-53-51-81-75(95)77(9,12-3)97-52-49-76(7,8)85-65(72(92)61(6)86)55-79-57-68(89)83-64(54-62-44-40-39-41-45-62)73(93)84-71(60(4)5)74(94)80-50-48-67(88)82-56-66(78)87/h39-41,44-45,55,60,63-64,71,79,85,101H,10-38,42-43,46-54,56-59H2,1-9H3,(H2,78,87)(H,80,94)(H,81,95)(H,82,88)(H,83,89)(H,84,93)/b65-55-. The lowest BCUT2D eigenvalue weighted by Crippen LogP contribution is -2.56. The van der Waals surface area contributed by atoms with Crippen LogP contribution in [0.25, 0.3) is 0 Å². The van der Waals surface area contributed by atoms with Crippen molar-refractivity contribution in [3.8, 4) is 0 Å². The number of allylic oxidation sites excluding steroid dienone is 1. The highest BCUT2D eigenvalue weighted by Crippen LogP contribution is 2.22. The van der Waals surface area contributed by atoms with Gasteiger partial charge in [0.25, 0.3) is 5.91 Å². The third kappa shape index (κ3) is 50.1. The van der Waals surface area contributed by atoms with Gasteiger partial charge in [-0.1, -0.05) is 245 Å². The highest BCUT2D eigenvalue weighted by atomic mass is 31.1. The summed E-state index contributed by atoms with van der Waals surface area (Å²) in [5.74, 6) is -6.21. The van der Waals surface area contributed by atoms with Gasteiger partial charge in [0.15, 0.2) is 15.1 Å². The number of primary amides is 1. The minimum absolute atomic E-state index is 0.0399. The molecule has 0 heterocycles. The van der Waals surface area contributed by atoms with Gasteiger partial charge >= 0.3 is 11.9 Å². The number of esters is 2. The molecule has 23 nitrogen and oxygen atoms in total. The Morgan fingerprint density at radius 2 is 1.07 bits per heavy atom. The third-order valence-electron chi connectivity index (χ3n) is 17.7. The Bertz CT molecular complexity index is 2510. The van der Waals surface area contributed by atoms with Gasteiger partial charge in [0.05, 0.1) is 32.9 Å². The number of hydrogen-bond acceptors (Lipinski definition) is 17. The summed E-state index contributed by atoms with van der Waals surface area (Å²) >= 11 is 0. The van der Waals surface area contributed by atoms with Gasteiger partial charge in [-0.05, 0) is 57.9 Å². The fraction of sp³-hybridized carbons (Fsp3) is 0.766. The van der Waals surface area contributed by atoms with Crippen molar-refractivity contribution >= 4 is 68.0 Å². The van der Waals surface area contributed by atoms with Crippen LogP contribution in [0.3, 0.4) is 0 Å². The number of nitrogens with one attached hydrogen (secondary N) is 7. The van der Waals surface area contributed by atoms with E-state index in [9.17, 15) is 47.9 Å². The first-order valence-electron chi connectivity index (χ1n) is 38.5. The van der Waals surface area contributed by atoms with Crippen molar-refractivity contribution < 1.29 is 71.2 Å². The summed E-state index contributed by atoms with van der Waals surface area (Å²) in [6.45, 7) is 15.4. The number of benzene rings is 1. The van der Waals surface area contributed by atoms with Crippen molar-refractivity contribution in [2.45, 2.75) is 323 Å². The molecule has 0 bridgehead atoms. The van der Waals surface area contributed by atoms with Crippen LogP contribution >= 0.6 is 9.03 Å². The first-order chi connectivity index (χ1) is 48.5. The molecule has 5 atom stereocenters. The second-order valence-electron chi connectivity index (χ2n) is 28.0. The molecular weight excluding hydrogens is 1310 g/mol. The Morgan fingerprint density at radius 3 is 1.56 bits per heavy atom. The van der Waals surface area contributed by atoms with Gasteiger partial charge in [-0.3, -0.25) is 47.9 Å². The Hall–Kier alpha value is -6.03. The topological polar surface area (TPSA) is 327 Å². The predicted molar refractivity (Wildman–Crippen MR) is 400 cm³/mol. The number of unbranched alkanes of at least 4 members (excludes halogenated alkanes) is 28. The molecule has 5 unspecified atom stereocenters. The van der Waals surface area contributed by atoms with Gasteiger partial charge in [-0.2, -0.15) is 0 Å². The summed E-state index contributed by atoms with van der Waals surface area (Å²) in [6, 6.07) is 6.71. The van der Waals surface area contributed by atoms with Crippen LogP contribution in [0.1, 0.15) is 293 Å². The zero-order valence-corrected chi connectivity index (χ0v) is 64.6. The van der Waals surface area contributed by atoms with E-state index in [0.717, 1.165) is 51.9 Å². The van der Waals surface area contributed by atoms with E-state index >= 15 is 0 Å². The van der Waals surface area contributed by atoms with E-state index < -0.39 is 91.9 Å². The van der Waals surface area contributed by atoms with Crippen molar-refractivity contribution in [3.05, 3.63) is 47.8 Å². The van der Waals surface area contributed by atoms with Crippen LogP contribution in [0.15, 0.2) is 42.2 Å². The number of hydrogen-bond donors (Lipinski definition) is 8. The average molecular weight is 1440 g/mol. The minimum atomic E-state index is -1.25. The number of ketones is 2. The second-order valence-corrected chi connectivity index (χ2v) is 28.8. The third-order valence-corrected chi connectivity index (χ3v) is 18.3. The van der Waals surface area contributed by atoms with Crippen LogP contribution < -0.4 is 43.0 Å². The number of carbonyl (C=O) groups is 10. The van der Waals surface area contributed by atoms with Crippen LogP contribution in [0, 0.1) is 5.92 Å². The molecule has 0 aromatic heterocycles. The number of carbonyl (C=O) groups excluding carboxylic acids is 10. The van der Waals surface area contributed by atoms with E-state index in [1.54, 1.807) is 65.0 Å². The van der Waals surface area contributed by atoms with E-state index in [1.165, 1.54) is 154 Å². The summed E-state index contributed by atoms with van der Waals surface area (Å²) in [5.41, 5.74) is 3.50. The molecule has 1 rings (SSSR count). The van der Waals surface area contributed by atoms with E-state index in [4.69, 9.17) is 29.0 Å². The van der Waals surface area contributed by atoms with Gasteiger partial charge in [-0.15, -0.1) is 0 Å². The number of rotatable bonds is 67. The van der Waals surface area contributed by atoms with Gasteiger partial charge < -0.3 is 66.2 Å². The molecule has 0 aliphatic heterocycles. The summed E-state index contributed by atoms with van der Waals surface area (Å²) in [5, 5.41) is 19.1. The molecule has 24 heteroatoms. The number of ether oxygens (including phenoxy) is 3. The fourth-order valence-corrected chi connectivity index (χ4v) is 11.7. The molecule has 0 spiro atoms. The summed E-state index contributed by atoms with van der Waals surface area (Å²) in [4.78, 5) is 129. The lowest BCUT2D eigenvalue weighted by atomic mass is 9.98. The molecule has 101 heavy (non-hydrogen) atoms. The molecule has 1 aromatic rings. The monoisotopic (exact) mass is 1440 g/mol. The maximum absolute atomic E-state index is 13.8. The maximum Gasteiger partial charge on any atom is 0.306 e. The Balaban J connectivity index is 2.77. The first-order valence-corrected chi connectivity index (χ1v) is 39.3. The SMILES string of the molecule is CCCCCCCCCCCCCCCCCC(=O)OCC(COPOCCNC(=O)C(C)(CC)OCCC(C)(C)N/C(=C\NCC(=O)NC(Cc1ccccc1)C(=O)NC(C(=O)NCCC(=O)NCC(N)=O)C(C)C)C(=O)C(C)=O)OC(=O)CCCCCCCCCCCCCCCCC. The molecule has 0 aliphatic rings. The zero-order chi connectivity index (χ0) is 74.8. The zero-order valence-electron chi connectivity index (χ0n) is 63.6. The van der Waals surface area contributed by atoms with E-state index in [2.05, 4.69) is 51.1 Å². The van der Waals surface area contributed by atoms with Crippen LogP contribution in [-0.4, -0.2) is 141 Å². The molecule has 0 fully saturated rings. The highest BCUT2D eigenvalue weighted by Gasteiger charge is 2.34. The van der Waals surface area contributed by atoms with Crippen LogP contribution in [0.4, 0.5) is 0 Å². The van der Waals surface area contributed by atoms with E-state index in [0.29, 0.717) is 18.4 Å². The molecule has 0 radical (unpaired) electrons. The van der Waals surface area contributed by atoms with Crippen molar-refractivity contribution in [2.75, 3.05) is 52.6 Å². The highest BCUT2D eigenvalue weighted by molar-refractivity contribution is 7.26. The molecular formula is C77H135N8O15P. The van der Waals surface area contributed by atoms with Gasteiger partial charge in [0.1, 0.15) is 30.0 Å². The van der Waals surface area contributed by atoms with Crippen LogP contribution in [-0.2, 0) is 77.6 Å².